The van der Waals surface area contributed by atoms with Crippen LogP contribution in [0, 0.1) is 45.3 Å². The summed E-state index contributed by atoms with van der Waals surface area (Å²) in [7, 11) is 0. The van der Waals surface area contributed by atoms with Gasteiger partial charge in [0.25, 0.3) is 0 Å². The average Bonchev–Trinajstić information content (AvgIpc) is 3.31. The molecule has 304 valence electrons. The molecule has 0 saturated carbocycles. The second-order valence-corrected chi connectivity index (χ2v) is 16.7. The Bertz CT molecular complexity index is 3240. The van der Waals surface area contributed by atoms with Crippen molar-refractivity contribution in [2.24, 2.45) is 0 Å². The van der Waals surface area contributed by atoms with Crippen LogP contribution < -0.4 is 19.9 Å². The minimum atomic E-state index is 0.0739. The Labute approximate surface area is 361 Å². The first-order chi connectivity index (χ1) is 30.6. The van der Waals surface area contributed by atoms with Gasteiger partial charge in [0.1, 0.15) is 46.9 Å². The minimum absolute atomic E-state index is 0.0739. The van der Waals surface area contributed by atoms with E-state index in [1.54, 1.807) is 0 Å². The molecule has 0 heterocycles. The van der Waals surface area contributed by atoms with Crippen molar-refractivity contribution >= 4 is 97.3 Å². The molecule has 0 aliphatic rings. The van der Waals surface area contributed by atoms with Gasteiger partial charge in [-0.15, -0.1) is 0 Å². The van der Waals surface area contributed by atoms with Crippen LogP contribution in [0.3, 0.4) is 0 Å². The highest BCUT2D eigenvalue weighted by Crippen LogP contribution is 2.52. The highest BCUT2D eigenvalue weighted by molar-refractivity contribution is 6.44. The minimum Gasteiger partial charge on any atom is -0.493 e. The van der Waals surface area contributed by atoms with Crippen LogP contribution in [0.1, 0.15) is 90.9 Å². The molecule has 0 spiro atoms. The molecule has 0 atom stereocenters. The lowest BCUT2D eigenvalue weighted by Gasteiger charge is -2.24. The van der Waals surface area contributed by atoms with E-state index in [9.17, 15) is 21.0 Å². The average molecular weight is 809 g/mol. The summed E-state index contributed by atoms with van der Waals surface area (Å²) in [6, 6.07) is 37.8. The summed E-state index contributed by atoms with van der Waals surface area (Å²) < 4.78 is 14.1. The number of fused-ring (bicyclic) bond motifs is 6. The fourth-order valence-corrected chi connectivity index (χ4v) is 10.2. The first-order valence-electron chi connectivity index (χ1n) is 22.4. The van der Waals surface area contributed by atoms with Gasteiger partial charge in [0.15, 0.2) is 0 Å². The van der Waals surface area contributed by atoms with E-state index < -0.39 is 0 Å². The second-order valence-electron chi connectivity index (χ2n) is 16.7. The topological polar surface area (TPSA) is 114 Å². The maximum absolute atomic E-state index is 10.4. The van der Waals surface area contributed by atoms with Crippen molar-refractivity contribution in [1.29, 1.82) is 21.0 Å². The van der Waals surface area contributed by atoms with Gasteiger partial charge < -0.3 is 9.47 Å². The fraction of sp³-hybridized carbons (Fsp3) is 0.286. The smallest absolute Gasteiger partial charge is 0.138 e. The van der Waals surface area contributed by atoms with Crippen LogP contribution in [-0.2, 0) is 0 Å². The number of nitrogens with zero attached hydrogens (tertiary/aromatic N) is 4. The third kappa shape index (κ3) is 6.60. The van der Waals surface area contributed by atoms with E-state index in [-0.39, 0.29) is 11.1 Å². The lowest BCUT2D eigenvalue weighted by molar-refractivity contribution is 0.306. The molecule has 62 heavy (non-hydrogen) atoms. The van der Waals surface area contributed by atoms with Gasteiger partial charge >= 0.3 is 0 Å². The Balaban J connectivity index is 1.46. The van der Waals surface area contributed by atoms with Crippen molar-refractivity contribution in [3.8, 4) is 35.8 Å². The predicted molar refractivity (Wildman–Crippen MR) is 255 cm³/mol. The summed E-state index contributed by atoms with van der Waals surface area (Å²) in [6.45, 7) is 5.57. The molecule has 0 amide bonds. The van der Waals surface area contributed by atoms with Gasteiger partial charge in [-0.1, -0.05) is 151 Å². The van der Waals surface area contributed by atoms with Crippen molar-refractivity contribution in [3.05, 3.63) is 95.4 Å². The molecule has 0 aromatic heterocycles. The lowest BCUT2D eigenvalue weighted by Crippen LogP contribution is -2.11. The normalized spacial score (nSPS) is 11.6. The van der Waals surface area contributed by atoms with Crippen molar-refractivity contribution in [3.63, 3.8) is 0 Å². The molecule has 9 aromatic rings. The summed E-state index contributed by atoms with van der Waals surface area (Å²) in [4.78, 5) is 0. The number of benzene rings is 9. The van der Waals surface area contributed by atoms with E-state index in [0.29, 0.717) is 23.7 Å². The largest absolute Gasteiger partial charge is 0.493 e. The number of ether oxygens (including phenoxy) is 2. The zero-order chi connectivity index (χ0) is 42.7. The molecular weight excluding hydrogens is 761 g/mol. The first kappa shape index (κ1) is 40.3. The van der Waals surface area contributed by atoms with Crippen LogP contribution in [0.2, 0.25) is 0 Å². The summed E-state index contributed by atoms with van der Waals surface area (Å²) in [5, 5.41) is 57.9. The molecular formula is C56H48N4O2. The van der Waals surface area contributed by atoms with Gasteiger partial charge in [0, 0.05) is 32.0 Å². The summed E-state index contributed by atoms with van der Waals surface area (Å²) in [5.74, 6) is 1.53. The zero-order valence-electron chi connectivity index (χ0n) is 35.6. The van der Waals surface area contributed by atoms with Gasteiger partial charge in [-0.2, -0.15) is 21.0 Å². The van der Waals surface area contributed by atoms with Gasteiger partial charge in [0.05, 0.1) is 13.2 Å². The number of hydrogen-bond acceptors (Lipinski definition) is 6. The molecule has 9 aromatic carbocycles. The van der Waals surface area contributed by atoms with Gasteiger partial charge in [0.2, 0.25) is 0 Å². The molecule has 9 rings (SSSR count). The second kappa shape index (κ2) is 17.5. The molecule has 0 fully saturated rings. The fourth-order valence-electron chi connectivity index (χ4n) is 10.2. The van der Waals surface area contributed by atoms with E-state index in [2.05, 4.69) is 86.7 Å². The van der Waals surface area contributed by atoms with Crippen LogP contribution in [-0.4, -0.2) is 13.2 Å². The van der Waals surface area contributed by atoms with Crippen LogP contribution in [0.15, 0.2) is 84.9 Å². The molecule has 0 aliphatic heterocycles. The summed E-state index contributed by atoms with van der Waals surface area (Å²) in [5.41, 5.74) is 0.148. The Morgan fingerprint density at radius 2 is 0.726 bits per heavy atom. The number of rotatable bonds is 16. The van der Waals surface area contributed by atoms with Crippen molar-refractivity contribution in [2.75, 3.05) is 13.2 Å². The van der Waals surface area contributed by atoms with Gasteiger partial charge in [-0.3, -0.25) is 0 Å². The summed E-state index contributed by atoms with van der Waals surface area (Å²) >= 11 is 0. The third-order valence-corrected chi connectivity index (χ3v) is 13.0. The van der Waals surface area contributed by atoms with E-state index in [0.717, 1.165) is 123 Å². The first-order valence-corrected chi connectivity index (χ1v) is 22.4. The van der Waals surface area contributed by atoms with Crippen molar-refractivity contribution in [2.45, 2.75) is 90.9 Å². The Morgan fingerprint density at radius 3 is 1.11 bits per heavy atom. The molecule has 0 unspecified atom stereocenters. The summed E-state index contributed by atoms with van der Waals surface area (Å²) in [6.07, 6.45) is 13.7. The molecule has 0 radical (unpaired) electrons. The maximum Gasteiger partial charge on any atom is 0.138 e. The van der Waals surface area contributed by atoms with Crippen molar-refractivity contribution in [1.82, 2.24) is 0 Å². The molecule has 0 saturated heterocycles. The van der Waals surface area contributed by atoms with Crippen LogP contribution in [0.5, 0.6) is 11.5 Å². The maximum atomic E-state index is 10.4. The van der Waals surface area contributed by atoms with E-state index in [1.165, 1.54) is 51.4 Å². The SMILES string of the molecule is CCCCCCCCOc1cc2c3ccccc3c(=C(C#N)C#N)c3ccc4c5ccc6c(=C(C#N)C#N)c7ccccc7c7cc(OCCCCCCCC)c(c1c4c32)c5c67. The number of nitriles is 4. The zero-order valence-corrected chi connectivity index (χ0v) is 35.6. The van der Waals surface area contributed by atoms with Crippen LogP contribution >= 0.6 is 0 Å². The monoisotopic (exact) mass is 808 g/mol. The Kier molecular flexibility index (Phi) is 11.4. The van der Waals surface area contributed by atoms with Crippen molar-refractivity contribution < 1.29 is 9.47 Å². The lowest BCUT2D eigenvalue weighted by atomic mass is 9.81. The predicted octanol–water partition coefficient (Wildman–Crippen LogP) is 13.7. The quantitative estimate of drug-likeness (QED) is 0.0545. The highest BCUT2D eigenvalue weighted by Gasteiger charge is 2.27. The number of hydrogen-bond donors (Lipinski definition) is 0. The Morgan fingerprint density at radius 1 is 0.371 bits per heavy atom. The van der Waals surface area contributed by atoms with E-state index in [4.69, 9.17) is 9.47 Å². The Hall–Kier alpha value is -7.12. The van der Waals surface area contributed by atoms with Gasteiger partial charge in [-0.25, -0.2) is 0 Å². The molecule has 6 heteroatoms. The van der Waals surface area contributed by atoms with Crippen LogP contribution in [0.25, 0.3) is 97.3 Å². The van der Waals surface area contributed by atoms with Crippen LogP contribution in [0.4, 0.5) is 0 Å². The van der Waals surface area contributed by atoms with Gasteiger partial charge in [-0.05, 0) is 89.6 Å². The molecule has 0 bridgehead atoms. The van der Waals surface area contributed by atoms with E-state index in [1.807, 2.05) is 36.4 Å². The molecule has 0 N–H and O–H groups in total. The standard InChI is InChI=1S/C56H48N4O2/c1-3-5-7-9-11-17-27-61-47-29-45-37-19-13-15-21-39(37)49(35(31-57)32-58)43-25-23-41-42-24-26-44-50(36(33-59)34-60)40-22-16-14-20-38(40)46-30-48(62-28-18-12-10-8-6-4-2)56(54(42)52(44)46)55(47)53(41)51(43)45/h13-16,19-26,29-30H,3-12,17-18,27-28H2,1-2H3. The third-order valence-electron chi connectivity index (χ3n) is 13.0. The number of unbranched alkanes of at least 4 members (excludes halogenated alkanes) is 10. The molecule has 6 nitrogen and oxygen atoms in total. The van der Waals surface area contributed by atoms with E-state index >= 15 is 0 Å². The molecule has 0 aliphatic carbocycles. The highest BCUT2D eigenvalue weighted by atomic mass is 16.5.